The Balaban J connectivity index is 0.992. The van der Waals surface area contributed by atoms with Gasteiger partial charge in [0, 0.05) is 27.5 Å². The molecule has 0 saturated carbocycles. The van der Waals surface area contributed by atoms with Crippen molar-refractivity contribution in [3.05, 3.63) is 235 Å². The first-order valence-electron chi connectivity index (χ1n) is 21.1. The van der Waals surface area contributed by atoms with Crippen LogP contribution in [0.15, 0.2) is 217 Å². The second kappa shape index (κ2) is 13.4. The maximum Gasteiger partial charge on any atom is 0.164 e. The zero-order valence-electron chi connectivity index (χ0n) is 33.5. The number of rotatable bonds is 5. The molecule has 288 valence electrons. The van der Waals surface area contributed by atoms with Crippen molar-refractivity contribution in [1.29, 1.82) is 0 Å². The van der Waals surface area contributed by atoms with Crippen molar-refractivity contribution in [3.63, 3.8) is 0 Å². The van der Waals surface area contributed by atoms with Crippen LogP contribution in [-0.4, -0.2) is 15.0 Å². The van der Waals surface area contributed by atoms with Gasteiger partial charge in [-0.05, 0) is 97.1 Å². The molecule has 0 N–H and O–H groups in total. The number of hydrogen-bond donors (Lipinski definition) is 0. The van der Waals surface area contributed by atoms with Gasteiger partial charge in [0.15, 0.2) is 17.5 Å². The van der Waals surface area contributed by atoms with Crippen molar-refractivity contribution in [3.8, 4) is 78.7 Å². The molecular formula is C58H35N3O. The molecule has 0 amide bonds. The Kier molecular flexibility index (Phi) is 7.49. The van der Waals surface area contributed by atoms with E-state index in [0.717, 1.165) is 55.3 Å². The van der Waals surface area contributed by atoms with Gasteiger partial charge in [-0.2, -0.15) is 0 Å². The summed E-state index contributed by atoms with van der Waals surface area (Å²) in [4.78, 5) is 15.5. The Bertz CT molecular complexity index is 3540. The molecule has 0 saturated heterocycles. The van der Waals surface area contributed by atoms with E-state index in [2.05, 4.69) is 164 Å². The van der Waals surface area contributed by atoms with Crippen LogP contribution in [0.3, 0.4) is 0 Å². The second-order valence-corrected chi connectivity index (χ2v) is 16.2. The second-order valence-electron chi connectivity index (χ2n) is 16.2. The third kappa shape index (κ3) is 4.98. The first kappa shape index (κ1) is 34.6. The molecule has 0 fully saturated rings. The topological polar surface area (TPSA) is 51.8 Å². The molecule has 2 aliphatic carbocycles. The summed E-state index contributed by atoms with van der Waals surface area (Å²) in [5, 5.41) is 2.09. The molecule has 0 radical (unpaired) electrons. The fourth-order valence-electron chi connectivity index (χ4n) is 10.4. The van der Waals surface area contributed by atoms with E-state index in [1.807, 2.05) is 48.5 Å². The van der Waals surface area contributed by atoms with E-state index in [9.17, 15) is 0 Å². The van der Waals surface area contributed by atoms with Gasteiger partial charge in [0.05, 0.1) is 5.41 Å². The van der Waals surface area contributed by atoms with Crippen molar-refractivity contribution in [2.45, 2.75) is 5.41 Å². The zero-order valence-corrected chi connectivity index (χ0v) is 33.5. The molecule has 9 aromatic carbocycles. The Hall–Kier alpha value is -8.21. The molecule has 11 aromatic rings. The molecule has 4 nitrogen and oxygen atoms in total. The largest absolute Gasteiger partial charge is 0.456 e. The molecule has 0 bridgehead atoms. The lowest BCUT2D eigenvalue weighted by molar-refractivity contribution is 0.669. The summed E-state index contributed by atoms with van der Waals surface area (Å²) in [5.74, 6) is 1.83. The maximum absolute atomic E-state index is 6.18. The third-order valence-corrected chi connectivity index (χ3v) is 13.0. The van der Waals surface area contributed by atoms with E-state index in [1.54, 1.807) is 0 Å². The lowest BCUT2D eigenvalue weighted by Gasteiger charge is -2.32. The van der Waals surface area contributed by atoms with Crippen molar-refractivity contribution in [2.24, 2.45) is 0 Å². The number of fused-ring (bicyclic) bond motifs is 13. The summed E-state index contributed by atoms with van der Waals surface area (Å²) in [6, 6.07) is 75.8. The van der Waals surface area contributed by atoms with E-state index >= 15 is 0 Å². The molecule has 1 spiro atoms. The molecule has 62 heavy (non-hydrogen) atoms. The van der Waals surface area contributed by atoms with Crippen LogP contribution < -0.4 is 0 Å². The summed E-state index contributed by atoms with van der Waals surface area (Å²) in [5.41, 5.74) is 19.0. The highest BCUT2D eigenvalue weighted by molar-refractivity contribution is 6.06. The van der Waals surface area contributed by atoms with Gasteiger partial charge < -0.3 is 4.42 Å². The van der Waals surface area contributed by atoms with E-state index in [0.29, 0.717) is 17.5 Å². The summed E-state index contributed by atoms with van der Waals surface area (Å²) in [6.45, 7) is 0. The van der Waals surface area contributed by atoms with E-state index in [1.165, 1.54) is 50.1 Å². The Morgan fingerprint density at radius 3 is 1.50 bits per heavy atom. The standard InChI is InChI=1S/C58H35N3O/c1-2-16-36(17-3-1)55-59-56(39-32-33-53-48(35-39)45-24-9-13-31-52(45)62-53)61-57(60-55)47-25-5-4-20-40(47)37-18-14-19-38(34-37)41-26-15-27-46-44-23-8-12-30-51(44)58(54(41)46)49-28-10-6-21-42(49)43-22-7-11-29-50(43)58/h1-35H. The van der Waals surface area contributed by atoms with Crippen LogP contribution in [0.5, 0.6) is 0 Å². The lowest BCUT2D eigenvalue weighted by Crippen LogP contribution is -2.26. The van der Waals surface area contributed by atoms with Crippen molar-refractivity contribution < 1.29 is 4.42 Å². The van der Waals surface area contributed by atoms with E-state index in [-0.39, 0.29) is 0 Å². The zero-order chi connectivity index (χ0) is 40.8. The van der Waals surface area contributed by atoms with Gasteiger partial charge in [-0.3, -0.25) is 0 Å². The van der Waals surface area contributed by atoms with E-state index in [4.69, 9.17) is 19.4 Å². The van der Waals surface area contributed by atoms with Crippen LogP contribution in [0.1, 0.15) is 22.3 Å². The molecule has 0 atom stereocenters. The van der Waals surface area contributed by atoms with Crippen LogP contribution in [-0.2, 0) is 5.41 Å². The van der Waals surface area contributed by atoms with Crippen LogP contribution in [0, 0.1) is 0 Å². The smallest absolute Gasteiger partial charge is 0.164 e. The number of nitrogens with zero attached hydrogens (tertiary/aromatic N) is 3. The van der Waals surface area contributed by atoms with Gasteiger partial charge in [0.2, 0.25) is 0 Å². The quantitative estimate of drug-likeness (QED) is 0.174. The molecule has 13 rings (SSSR count). The van der Waals surface area contributed by atoms with Crippen LogP contribution in [0.4, 0.5) is 0 Å². The minimum Gasteiger partial charge on any atom is -0.456 e. The summed E-state index contributed by atoms with van der Waals surface area (Å²) >= 11 is 0. The van der Waals surface area contributed by atoms with Crippen LogP contribution in [0.2, 0.25) is 0 Å². The van der Waals surface area contributed by atoms with Gasteiger partial charge in [0.25, 0.3) is 0 Å². The van der Waals surface area contributed by atoms with Crippen LogP contribution in [0.25, 0.3) is 101 Å². The fourth-order valence-corrected chi connectivity index (χ4v) is 10.4. The highest BCUT2D eigenvalue weighted by Gasteiger charge is 2.52. The Morgan fingerprint density at radius 1 is 0.290 bits per heavy atom. The Labute approximate surface area is 358 Å². The first-order valence-corrected chi connectivity index (χ1v) is 21.1. The van der Waals surface area contributed by atoms with Gasteiger partial charge in [0.1, 0.15) is 11.2 Å². The van der Waals surface area contributed by atoms with Gasteiger partial charge in [-0.1, -0.05) is 182 Å². The highest BCUT2D eigenvalue weighted by Crippen LogP contribution is 2.64. The summed E-state index contributed by atoms with van der Waals surface area (Å²) in [7, 11) is 0. The minimum absolute atomic E-state index is 0.454. The molecule has 2 heterocycles. The average molecular weight is 790 g/mol. The van der Waals surface area contributed by atoms with Crippen LogP contribution >= 0.6 is 0 Å². The number of benzene rings is 9. The molecule has 0 unspecified atom stereocenters. The maximum atomic E-state index is 6.18. The first-order chi connectivity index (χ1) is 30.7. The fraction of sp³-hybridized carbons (Fsp3) is 0.0172. The minimum atomic E-state index is -0.454. The number of hydrogen-bond acceptors (Lipinski definition) is 4. The predicted molar refractivity (Wildman–Crippen MR) is 251 cm³/mol. The number of furan rings is 1. The SMILES string of the molecule is c1ccc(-c2nc(-c3ccc4oc5ccccc5c4c3)nc(-c3ccccc3-c3cccc(-c4cccc5c4C4(c6ccccc6-c6ccccc64)c4ccccc4-5)c3)n2)cc1. The number of aromatic nitrogens is 3. The Morgan fingerprint density at radius 2 is 0.774 bits per heavy atom. The van der Waals surface area contributed by atoms with Crippen molar-refractivity contribution in [2.75, 3.05) is 0 Å². The summed E-state index contributed by atoms with van der Waals surface area (Å²) < 4.78 is 6.18. The monoisotopic (exact) mass is 789 g/mol. The van der Waals surface area contributed by atoms with Crippen molar-refractivity contribution in [1.82, 2.24) is 15.0 Å². The average Bonchev–Trinajstić information content (AvgIpc) is 3.98. The molecule has 2 aliphatic rings. The molecule has 2 aromatic heterocycles. The highest BCUT2D eigenvalue weighted by atomic mass is 16.3. The predicted octanol–water partition coefficient (Wildman–Crippen LogP) is 14.4. The molecular weight excluding hydrogens is 755 g/mol. The summed E-state index contributed by atoms with van der Waals surface area (Å²) in [6.07, 6.45) is 0. The van der Waals surface area contributed by atoms with E-state index < -0.39 is 5.41 Å². The third-order valence-electron chi connectivity index (χ3n) is 13.0. The van der Waals surface area contributed by atoms with Crippen molar-refractivity contribution >= 4 is 21.9 Å². The molecule has 4 heteroatoms. The number of para-hydroxylation sites is 1. The van der Waals surface area contributed by atoms with Gasteiger partial charge in [-0.15, -0.1) is 0 Å². The lowest BCUT2D eigenvalue weighted by atomic mass is 9.68. The normalized spacial score (nSPS) is 13.0. The van der Waals surface area contributed by atoms with Gasteiger partial charge >= 0.3 is 0 Å². The molecule has 0 aliphatic heterocycles. The van der Waals surface area contributed by atoms with Gasteiger partial charge in [-0.25, -0.2) is 15.0 Å².